The van der Waals surface area contributed by atoms with Crippen LogP contribution in [0.4, 0.5) is 17.1 Å². The van der Waals surface area contributed by atoms with Gasteiger partial charge in [-0.2, -0.15) is 0 Å². The molecule has 2 aromatic carbocycles. The van der Waals surface area contributed by atoms with Crippen molar-refractivity contribution in [2.75, 3.05) is 36.4 Å². The number of aryl methyl sites for hydroxylation is 1. The highest BCUT2D eigenvalue weighted by atomic mass is 35.5. The monoisotopic (exact) mass is 373 g/mol. The van der Waals surface area contributed by atoms with E-state index in [1.165, 1.54) is 36.3 Å². The van der Waals surface area contributed by atoms with Crippen molar-refractivity contribution in [3.63, 3.8) is 0 Å². The molecule has 2 atom stereocenters. The molecule has 3 heterocycles. The first-order valence-electron chi connectivity index (χ1n) is 9.04. The van der Waals surface area contributed by atoms with Crippen LogP contribution in [0.15, 0.2) is 30.3 Å². The number of nitrogens with one attached hydrogen (secondary N) is 2. The summed E-state index contributed by atoms with van der Waals surface area (Å²) >= 11 is 12.7. The third-order valence-electron chi connectivity index (χ3n) is 5.83. The fourth-order valence-electron chi connectivity index (χ4n) is 4.74. The molecular formula is C20H21Cl2N3. The van der Waals surface area contributed by atoms with Crippen molar-refractivity contribution in [3.8, 4) is 0 Å². The normalized spacial score (nSPS) is 24.0. The molecule has 0 bridgehead atoms. The van der Waals surface area contributed by atoms with Gasteiger partial charge in [-0.25, -0.2) is 0 Å². The van der Waals surface area contributed by atoms with Crippen LogP contribution < -0.4 is 15.5 Å². The molecule has 0 amide bonds. The Morgan fingerprint density at radius 2 is 1.96 bits per heavy atom. The van der Waals surface area contributed by atoms with Gasteiger partial charge < -0.3 is 15.5 Å². The molecule has 0 spiro atoms. The third-order valence-corrected chi connectivity index (χ3v) is 6.46. The van der Waals surface area contributed by atoms with E-state index in [0.29, 0.717) is 16.0 Å². The molecule has 2 aromatic rings. The van der Waals surface area contributed by atoms with Crippen molar-refractivity contribution >= 4 is 40.3 Å². The van der Waals surface area contributed by atoms with Gasteiger partial charge in [-0.1, -0.05) is 29.3 Å². The fraction of sp³-hybridized carbons (Fsp3) is 0.400. The lowest BCUT2D eigenvalue weighted by Crippen LogP contribution is -2.41. The Morgan fingerprint density at radius 3 is 2.80 bits per heavy atom. The zero-order valence-corrected chi connectivity index (χ0v) is 15.5. The predicted octanol–water partition coefficient (Wildman–Crippen LogP) is 4.81. The second-order valence-electron chi connectivity index (χ2n) is 7.37. The van der Waals surface area contributed by atoms with Crippen molar-refractivity contribution in [1.82, 2.24) is 5.32 Å². The molecule has 0 radical (unpaired) electrons. The van der Waals surface area contributed by atoms with E-state index in [-0.39, 0.29) is 0 Å². The van der Waals surface area contributed by atoms with Crippen LogP contribution in [0.3, 0.4) is 0 Å². The quantitative estimate of drug-likeness (QED) is 0.790. The molecule has 3 aliphatic rings. The van der Waals surface area contributed by atoms with Crippen LogP contribution in [0, 0.1) is 5.92 Å². The van der Waals surface area contributed by atoms with Gasteiger partial charge in [0.15, 0.2) is 0 Å². The van der Waals surface area contributed by atoms with Crippen LogP contribution in [-0.4, -0.2) is 26.2 Å². The Balaban J connectivity index is 1.60. The summed E-state index contributed by atoms with van der Waals surface area (Å²) in [5.41, 5.74) is 6.33. The van der Waals surface area contributed by atoms with Gasteiger partial charge in [0.25, 0.3) is 0 Å². The molecule has 2 N–H and O–H groups in total. The molecule has 0 saturated carbocycles. The summed E-state index contributed by atoms with van der Waals surface area (Å²) in [5, 5.41) is 8.38. The molecule has 5 heteroatoms. The van der Waals surface area contributed by atoms with Crippen LogP contribution in [-0.2, 0) is 6.42 Å². The van der Waals surface area contributed by atoms with E-state index >= 15 is 0 Å². The molecule has 1 unspecified atom stereocenters. The first kappa shape index (κ1) is 15.8. The molecule has 3 aliphatic heterocycles. The number of anilines is 3. The first-order valence-corrected chi connectivity index (χ1v) is 9.80. The van der Waals surface area contributed by atoms with Crippen LogP contribution in [0.1, 0.15) is 23.5 Å². The lowest BCUT2D eigenvalue weighted by atomic mass is 9.80. The summed E-state index contributed by atoms with van der Waals surface area (Å²) in [5.74, 6) is 1.34. The molecule has 25 heavy (non-hydrogen) atoms. The van der Waals surface area contributed by atoms with E-state index in [1.54, 1.807) is 0 Å². The Bertz CT molecular complexity index is 816. The molecule has 0 aromatic heterocycles. The van der Waals surface area contributed by atoms with E-state index in [4.69, 9.17) is 23.2 Å². The number of benzene rings is 2. The Morgan fingerprint density at radius 1 is 1.12 bits per heavy atom. The van der Waals surface area contributed by atoms with Crippen molar-refractivity contribution in [2.24, 2.45) is 5.92 Å². The smallest absolute Gasteiger partial charge is 0.0762 e. The summed E-state index contributed by atoms with van der Waals surface area (Å²) in [4.78, 5) is 2.61. The van der Waals surface area contributed by atoms with E-state index in [0.717, 1.165) is 36.8 Å². The molecule has 5 rings (SSSR count). The average Bonchev–Trinajstić information content (AvgIpc) is 3.07. The highest BCUT2D eigenvalue weighted by Crippen LogP contribution is 2.46. The Hall–Kier alpha value is -1.42. The first-order chi connectivity index (χ1) is 12.2. The second-order valence-corrected chi connectivity index (χ2v) is 8.18. The minimum Gasteiger partial charge on any atom is -0.371 e. The maximum atomic E-state index is 6.35. The van der Waals surface area contributed by atoms with Crippen molar-refractivity contribution < 1.29 is 0 Å². The number of rotatable bonds is 2. The SMILES string of the molecule is Clc1cccc(Cl)c1Nc1cc2c3c(c1)C1CNC[C@@H]1CN3CCC2. The lowest BCUT2D eigenvalue weighted by molar-refractivity contribution is 0.470. The van der Waals surface area contributed by atoms with Gasteiger partial charge in [0, 0.05) is 43.5 Å². The van der Waals surface area contributed by atoms with E-state index in [2.05, 4.69) is 27.7 Å². The van der Waals surface area contributed by atoms with Gasteiger partial charge in [0.2, 0.25) is 0 Å². The van der Waals surface area contributed by atoms with Gasteiger partial charge in [-0.05, 0) is 54.2 Å². The number of fused-ring (bicyclic) bond motifs is 2. The summed E-state index contributed by atoms with van der Waals surface area (Å²) in [6.45, 7) is 4.60. The van der Waals surface area contributed by atoms with E-state index in [1.807, 2.05) is 18.2 Å². The zero-order chi connectivity index (χ0) is 17.0. The molecule has 1 saturated heterocycles. The second kappa shape index (κ2) is 6.08. The molecule has 0 aliphatic carbocycles. The highest BCUT2D eigenvalue weighted by molar-refractivity contribution is 6.39. The minimum absolute atomic E-state index is 0.617. The van der Waals surface area contributed by atoms with Gasteiger partial charge in [-0.3, -0.25) is 0 Å². The number of hydrogen-bond acceptors (Lipinski definition) is 3. The fourth-order valence-corrected chi connectivity index (χ4v) is 5.23. The van der Waals surface area contributed by atoms with E-state index < -0.39 is 0 Å². The van der Waals surface area contributed by atoms with Crippen LogP contribution in [0.5, 0.6) is 0 Å². The number of hydrogen-bond donors (Lipinski definition) is 2. The zero-order valence-electron chi connectivity index (χ0n) is 14.0. The molecular weight excluding hydrogens is 353 g/mol. The number of para-hydroxylation sites is 1. The highest BCUT2D eigenvalue weighted by Gasteiger charge is 2.38. The number of halogens is 2. The molecule has 3 nitrogen and oxygen atoms in total. The number of nitrogens with zero attached hydrogens (tertiary/aromatic N) is 1. The average molecular weight is 374 g/mol. The summed E-state index contributed by atoms with van der Waals surface area (Å²) < 4.78 is 0. The predicted molar refractivity (Wildman–Crippen MR) is 106 cm³/mol. The summed E-state index contributed by atoms with van der Waals surface area (Å²) in [7, 11) is 0. The van der Waals surface area contributed by atoms with Crippen molar-refractivity contribution in [3.05, 3.63) is 51.5 Å². The van der Waals surface area contributed by atoms with Gasteiger partial charge in [0.05, 0.1) is 15.7 Å². The Labute approximate surface area is 158 Å². The topological polar surface area (TPSA) is 27.3 Å². The standard InChI is InChI=1S/C20H21Cl2N3/c21-17-4-1-5-18(22)19(17)24-14-7-12-3-2-6-25-11-13-9-23-10-16(13)15(8-14)20(12)25/h1,4-5,7-8,13,16,23-24H,2-3,6,9-11H2/t13-,16?/m1/s1. The molecule has 1 fully saturated rings. The van der Waals surface area contributed by atoms with Crippen LogP contribution >= 0.6 is 23.2 Å². The van der Waals surface area contributed by atoms with Crippen molar-refractivity contribution in [2.45, 2.75) is 18.8 Å². The van der Waals surface area contributed by atoms with Gasteiger partial charge in [0.1, 0.15) is 0 Å². The third kappa shape index (κ3) is 2.61. The summed E-state index contributed by atoms with van der Waals surface area (Å²) in [6, 6.07) is 10.2. The van der Waals surface area contributed by atoms with Gasteiger partial charge in [-0.15, -0.1) is 0 Å². The maximum absolute atomic E-state index is 6.35. The van der Waals surface area contributed by atoms with E-state index in [9.17, 15) is 0 Å². The minimum atomic E-state index is 0.617. The van der Waals surface area contributed by atoms with Gasteiger partial charge >= 0.3 is 0 Å². The van der Waals surface area contributed by atoms with Crippen molar-refractivity contribution in [1.29, 1.82) is 0 Å². The van der Waals surface area contributed by atoms with Crippen LogP contribution in [0.2, 0.25) is 10.0 Å². The largest absolute Gasteiger partial charge is 0.371 e. The Kier molecular flexibility index (Phi) is 3.85. The maximum Gasteiger partial charge on any atom is 0.0762 e. The summed E-state index contributed by atoms with van der Waals surface area (Å²) in [6.07, 6.45) is 2.38. The lowest BCUT2D eigenvalue weighted by Gasteiger charge is -2.42. The van der Waals surface area contributed by atoms with Crippen LogP contribution in [0.25, 0.3) is 0 Å². The molecule has 130 valence electrons.